The van der Waals surface area contributed by atoms with Crippen molar-refractivity contribution in [1.82, 2.24) is 0 Å². The average Bonchev–Trinajstić information content (AvgIpc) is 2.33. The van der Waals surface area contributed by atoms with E-state index < -0.39 is 17.7 Å². The first-order valence-electron chi connectivity index (χ1n) is 6.68. The molecule has 1 nitrogen and oxygen atoms in total. The fourth-order valence-electron chi connectivity index (χ4n) is 2.62. The number of rotatable bonds is 3. The summed E-state index contributed by atoms with van der Waals surface area (Å²) in [5.41, 5.74) is 4.34. The van der Waals surface area contributed by atoms with Gasteiger partial charge in [0.15, 0.2) is 0 Å². The van der Waals surface area contributed by atoms with E-state index in [1.54, 1.807) is 6.92 Å². The van der Waals surface area contributed by atoms with Gasteiger partial charge in [0.1, 0.15) is 11.6 Å². The zero-order valence-corrected chi connectivity index (χ0v) is 12.2. The fourth-order valence-corrected chi connectivity index (χ4v) is 2.62. The van der Waals surface area contributed by atoms with Crippen LogP contribution in [0.5, 0.6) is 0 Å². The molecule has 20 heavy (non-hydrogen) atoms. The average molecular weight is 275 g/mol. The number of aryl methyl sites for hydroxylation is 3. The van der Waals surface area contributed by atoms with Crippen LogP contribution < -0.4 is 5.32 Å². The van der Waals surface area contributed by atoms with Crippen molar-refractivity contribution in [2.45, 2.75) is 33.7 Å². The van der Waals surface area contributed by atoms with Crippen molar-refractivity contribution < 1.29 is 8.78 Å². The lowest BCUT2D eigenvalue weighted by Crippen LogP contribution is -2.12. The van der Waals surface area contributed by atoms with Crippen molar-refractivity contribution in [2.75, 3.05) is 5.32 Å². The van der Waals surface area contributed by atoms with Crippen LogP contribution in [0.4, 0.5) is 14.5 Å². The predicted molar refractivity (Wildman–Crippen MR) is 79.0 cm³/mol. The topological polar surface area (TPSA) is 12.0 Å². The van der Waals surface area contributed by atoms with Crippen LogP contribution in [-0.4, -0.2) is 0 Å². The Bertz CT molecular complexity index is 592. The van der Waals surface area contributed by atoms with Gasteiger partial charge in [0.2, 0.25) is 0 Å². The van der Waals surface area contributed by atoms with Crippen molar-refractivity contribution in [3.63, 3.8) is 0 Å². The SMILES string of the molecule is Cc1cc(C)c(NC(C)c2c(F)cccc2F)c(C)c1. The predicted octanol–water partition coefficient (Wildman–Crippen LogP) is 5.06. The van der Waals surface area contributed by atoms with E-state index >= 15 is 0 Å². The molecule has 0 aromatic heterocycles. The van der Waals surface area contributed by atoms with Gasteiger partial charge in [-0.25, -0.2) is 8.78 Å². The third kappa shape index (κ3) is 2.82. The number of hydrogen-bond acceptors (Lipinski definition) is 1. The lowest BCUT2D eigenvalue weighted by atomic mass is 10.0. The lowest BCUT2D eigenvalue weighted by molar-refractivity contribution is 0.544. The van der Waals surface area contributed by atoms with Crippen LogP contribution in [0.3, 0.4) is 0 Å². The maximum Gasteiger partial charge on any atom is 0.131 e. The van der Waals surface area contributed by atoms with Crippen molar-refractivity contribution in [3.8, 4) is 0 Å². The summed E-state index contributed by atoms with van der Waals surface area (Å²) >= 11 is 0. The number of nitrogens with one attached hydrogen (secondary N) is 1. The van der Waals surface area contributed by atoms with E-state index in [0.717, 1.165) is 16.8 Å². The molecule has 0 saturated heterocycles. The molecule has 106 valence electrons. The Morgan fingerprint density at radius 2 is 1.45 bits per heavy atom. The van der Waals surface area contributed by atoms with Crippen LogP contribution in [0.1, 0.15) is 35.2 Å². The molecule has 0 aliphatic rings. The summed E-state index contributed by atoms with van der Waals surface area (Å²) < 4.78 is 27.6. The van der Waals surface area contributed by atoms with Crippen LogP contribution in [-0.2, 0) is 0 Å². The van der Waals surface area contributed by atoms with Gasteiger partial charge in [-0.1, -0.05) is 23.8 Å². The fraction of sp³-hybridized carbons (Fsp3) is 0.294. The zero-order valence-electron chi connectivity index (χ0n) is 12.2. The van der Waals surface area contributed by atoms with E-state index in [1.807, 2.05) is 20.8 Å². The highest BCUT2D eigenvalue weighted by Gasteiger charge is 2.17. The monoisotopic (exact) mass is 275 g/mol. The van der Waals surface area contributed by atoms with Crippen molar-refractivity contribution >= 4 is 5.69 Å². The first kappa shape index (κ1) is 14.5. The Balaban J connectivity index is 2.35. The molecule has 0 bridgehead atoms. The lowest BCUT2D eigenvalue weighted by Gasteiger charge is -2.20. The van der Waals surface area contributed by atoms with E-state index in [1.165, 1.54) is 23.8 Å². The summed E-state index contributed by atoms with van der Waals surface area (Å²) in [5.74, 6) is -1.04. The van der Waals surface area contributed by atoms with Gasteiger partial charge in [-0.15, -0.1) is 0 Å². The third-order valence-corrected chi connectivity index (χ3v) is 3.47. The van der Waals surface area contributed by atoms with Crippen LogP contribution in [0.2, 0.25) is 0 Å². The molecule has 0 fully saturated rings. The second kappa shape index (κ2) is 5.61. The molecular weight excluding hydrogens is 256 g/mol. The van der Waals surface area contributed by atoms with Crippen LogP contribution in [0.25, 0.3) is 0 Å². The minimum atomic E-state index is -0.521. The van der Waals surface area contributed by atoms with Crippen LogP contribution in [0.15, 0.2) is 30.3 Å². The largest absolute Gasteiger partial charge is 0.378 e. The molecule has 0 aliphatic carbocycles. The standard InChI is InChI=1S/C17H19F2N/c1-10-8-11(2)17(12(3)9-10)20-13(4)16-14(18)6-5-7-15(16)19/h5-9,13,20H,1-4H3. The highest BCUT2D eigenvalue weighted by molar-refractivity contribution is 5.59. The minimum absolute atomic E-state index is 0.0758. The molecule has 3 heteroatoms. The van der Waals surface area contributed by atoms with Crippen molar-refractivity contribution in [1.29, 1.82) is 0 Å². The van der Waals surface area contributed by atoms with Gasteiger partial charge in [0.25, 0.3) is 0 Å². The van der Waals surface area contributed by atoms with Gasteiger partial charge in [0.05, 0.1) is 6.04 Å². The molecule has 0 aliphatic heterocycles. The number of halogens is 2. The van der Waals surface area contributed by atoms with Crippen LogP contribution >= 0.6 is 0 Å². The molecule has 0 spiro atoms. The van der Waals surface area contributed by atoms with E-state index in [-0.39, 0.29) is 5.56 Å². The molecule has 1 unspecified atom stereocenters. The summed E-state index contributed by atoms with van der Waals surface area (Å²) in [6, 6.07) is 7.62. The molecule has 0 amide bonds. The van der Waals surface area contributed by atoms with Crippen LogP contribution in [0, 0.1) is 32.4 Å². The van der Waals surface area contributed by atoms with Gasteiger partial charge in [0, 0.05) is 11.3 Å². The maximum absolute atomic E-state index is 13.8. The quantitative estimate of drug-likeness (QED) is 0.825. The molecule has 0 heterocycles. The number of anilines is 1. The summed E-state index contributed by atoms with van der Waals surface area (Å²) in [6.45, 7) is 7.78. The first-order chi connectivity index (χ1) is 9.40. The first-order valence-corrected chi connectivity index (χ1v) is 6.68. The molecule has 0 radical (unpaired) electrons. The smallest absolute Gasteiger partial charge is 0.131 e. The van der Waals surface area contributed by atoms with Gasteiger partial charge in [-0.3, -0.25) is 0 Å². The summed E-state index contributed by atoms with van der Waals surface area (Å²) in [7, 11) is 0. The van der Waals surface area contributed by atoms with Crippen molar-refractivity contribution in [2.24, 2.45) is 0 Å². The minimum Gasteiger partial charge on any atom is -0.378 e. The second-order valence-electron chi connectivity index (χ2n) is 5.28. The Labute approximate surface area is 118 Å². The van der Waals surface area contributed by atoms with Gasteiger partial charge < -0.3 is 5.32 Å². The van der Waals surface area contributed by atoms with E-state index in [4.69, 9.17) is 0 Å². The molecule has 2 rings (SSSR count). The Morgan fingerprint density at radius 3 is 1.95 bits per heavy atom. The molecule has 1 atom stereocenters. The maximum atomic E-state index is 13.8. The Morgan fingerprint density at radius 1 is 0.950 bits per heavy atom. The highest BCUT2D eigenvalue weighted by Crippen LogP contribution is 2.28. The third-order valence-electron chi connectivity index (χ3n) is 3.47. The number of benzene rings is 2. The van der Waals surface area contributed by atoms with Gasteiger partial charge in [-0.05, 0) is 51.0 Å². The van der Waals surface area contributed by atoms with E-state index in [0.29, 0.717) is 0 Å². The molecule has 2 aromatic rings. The molecular formula is C17H19F2N. The van der Waals surface area contributed by atoms with Crippen molar-refractivity contribution in [3.05, 3.63) is 64.2 Å². The van der Waals surface area contributed by atoms with E-state index in [9.17, 15) is 8.78 Å². The Hall–Kier alpha value is -1.90. The summed E-state index contributed by atoms with van der Waals surface area (Å²) in [5, 5.41) is 3.22. The van der Waals surface area contributed by atoms with Gasteiger partial charge >= 0.3 is 0 Å². The number of hydrogen-bond donors (Lipinski definition) is 1. The second-order valence-corrected chi connectivity index (χ2v) is 5.28. The molecule has 2 aromatic carbocycles. The zero-order chi connectivity index (χ0) is 14.9. The molecule has 1 N–H and O–H groups in total. The van der Waals surface area contributed by atoms with E-state index in [2.05, 4.69) is 17.4 Å². The summed E-state index contributed by atoms with van der Waals surface area (Å²) in [4.78, 5) is 0. The summed E-state index contributed by atoms with van der Waals surface area (Å²) in [6.07, 6.45) is 0. The molecule has 0 saturated carbocycles. The van der Waals surface area contributed by atoms with Gasteiger partial charge in [-0.2, -0.15) is 0 Å². The normalized spacial score (nSPS) is 12.3. The highest BCUT2D eigenvalue weighted by atomic mass is 19.1. The Kier molecular flexibility index (Phi) is 4.07.